The fraction of sp³-hybridized carbons (Fsp3) is 0.600. The van der Waals surface area contributed by atoms with Crippen molar-refractivity contribution in [2.75, 3.05) is 31.6 Å². The molecule has 0 radical (unpaired) electrons. The normalized spacial score (nSPS) is 21.6. The molecule has 3 rings (SSSR count). The summed E-state index contributed by atoms with van der Waals surface area (Å²) in [5.41, 5.74) is 9.44. The van der Waals surface area contributed by atoms with Crippen LogP contribution in [0.5, 0.6) is 11.5 Å². The van der Waals surface area contributed by atoms with Gasteiger partial charge in [-0.1, -0.05) is 0 Å². The van der Waals surface area contributed by atoms with Crippen LogP contribution in [0.4, 0.5) is 5.69 Å². The van der Waals surface area contributed by atoms with Crippen molar-refractivity contribution in [3.05, 3.63) is 17.2 Å². The number of phenolic OH excluding ortho intramolecular Hbond substituents is 1. The number of nitrogens with zero attached hydrogens (tertiary/aromatic N) is 1. The van der Waals surface area contributed by atoms with Gasteiger partial charge in [0.1, 0.15) is 0 Å². The van der Waals surface area contributed by atoms with Gasteiger partial charge in [-0.2, -0.15) is 0 Å². The van der Waals surface area contributed by atoms with E-state index in [2.05, 4.69) is 11.9 Å². The van der Waals surface area contributed by atoms with E-state index in [1.807, 2.05) is 6.07 Å². The van der Waals surface area contributed by atoms with Crippen molar-refractivity contribution >= 4 is 5.69 Å². The summed E-state index contributed by atoms with van der Waals surface area (Å²) in [6, 6.07) is 1.85. The molecule has 1 unspecified atom stereocenters. The Kier molecular flexibility index (Phi) is 3.27. The number of anilines is 1. The molecule has 4 nitrogen and oxygen atoms in total. The Morgan fingerprint density at radius 2 is 2.32 bits per heavy atom. The second-order valence-electron chi connectivity index (χ2n) is 5.66. The second-order valence-corrected chi connectivity index (χ2v) is 5.66. The molecule has 1 atom stereocenters. The number of fused-ring (bicyclic) bond motifs is 3. The monoisotopic (exact) mass is 262 g/mol. The number of ether oxygens (including phenoxy) is 1. The highest BCUT2D eigenvalue weighted by Gasteiger charge is 2.28. The van der Waals surface area contributed by atoms with Gasteiger partial charge in [0.15, 0.2) is 11.5 Å². The van der Waals surface area contributed by atoms with Gasteiger partial charge in [0, 0.05) is 30.9 Å². The highest BCUT2D eigenvalue weighted by atomic mass is 16.5. The first-order valence-electron chi connectivity index (χ1n) is 7.12. The Balaban J connectivity index is 2.03. The number of nitrogens with two attached hydrogens (primary N) is 1. The smallest absolute Gasteiger partial charge is 0.164 e. The maximum atomic E-state index is 10.2. The van der Waals surface area contributed by atoms with E-state index in [0.29, 0.717) is 18.3 Å². The number of benzene rings is 1. The van der Waals surface area contributed by atoms with Crippen LogP contribution in [0.25, 0.3) is 0 Å². The van der Waals surface area contributed by atoms with E-state index in [1.54, 1.807) is 0 Å². The van der Waals surface area contributed by atoms with Crippen LogP contribution in [-0.2, 0) is 12.8 Å². The van der Waals surface area contributed by atoms with Gasteiger partial charge in [-0.3, -0.25) is 0 Å². The molecule has 4 heteroatoms. The minimum absolute atomic E-state index is 0.288. The summed E-state index contributed by atoms with van der Waals surface area (Å²) in [5.74, 6) is 1.58. The van der Waals surface area contributed by atoms with Gasteiger partial charge in [0.2, 0.25) is 0 Å². The largest absolute Gasteiger partial charge is 0.504 e. The first-order valence-corrected chi connectivity index (χ1v) is 7.12. The number of phenols is 1. The van der Waals surface area contributed by atoms with Gasteiger partial charge < -0.3 is 20.5 Å². The van der Waals surface area contributed by atoms with Crippen molar-refractivity contribution in [1.29, 1.82) is 0 Å². The van der Waals surface area contributed by atoms with E-state index >= 15 is 0 Å². The number of aromatic hydroxyl groups is 1. The Morgan fingerprint density at radius 3 is 3.11 bits per heavy atom. The summed E-state index contributed by atoms with van der Waals surface area (Å²) in [4.78, 5) is 2.21. The molecule has 3 N–H and O–H groups in total. The average Bonchev–Trinajstić information content (AvgIpc) is 2.63. The number of likely N-dealkylation sites (N-methyl/N-ethyl adjacent to an activating group) is 1. The van der Waals surface area contributed by atoms with Crippen molar-refractivity contribution in [3.8, 4) is 11.5 Å². The molecule has 0 saturated heterocycles. The fourth-order valence-electron chi connectivity index (χ4n) is 3.33. The third-order valence-corrected chi connectivity index (χ3v) is 4.40. The Morgan fingerprint density at radius 1 is 1.47 bits per heavy atom. The standard InChI is InChI=1S/C15H22N2O2/c1-17-6-3-11-12-8-10(2-5-16)4-7-19-15(12)14(18)9-13(11)17/h9-10,18H,2-8,16H2,1H3. The molecule has 1 aromatic carbocycles. The Labute approximate surface area is 114 Å². The molecule has 0 aliphatic carbocycles. The van der Waals surface area contributed by atoms with Gasteiger partial charge >= 0.3 is 0 Å². The lowest BCUT2D eigenvalue weighted by Gasteiger charge is -2.18. The summed E-state index contributed by atoms with van der Waals surface area (Å²) in [7, 11) is 2.08. The van der Waals surface area contributed by atoms with Crippen molar-refractivity contribution in [2.24, 2.45) is 11.7 Å². The van der Waals surface area contributed by atoms with Crippen molar-refractivity contribution in [2.45, 2.75) is 25.7 Å². The molecule has 19 heavy (non-hydrogen) atoms. The first-order chi connectivity index (χ1) is 9.20. The van der Waals surface area contributed by atoms with Crippen LogP contribution in [0, 0.1) is 5.92 Å². The van der Waals surface area contributed by atoms with Gasteiger partial charge in [-0.15, -0.1) is 0 Å². The topological polar surface area (TPSA) is 58.7 Å². The second kappa shape index (κ2) is 4.93. The summed E-state index contributed by atoms with van der Waals surface area (Å²) < 4.78 is 5.81. The average molecular weight is 262 g/mol. The first kappa shape index (κ1) is 12.6. The summed E-state index contributed by atoms with van der Waals surface area (Å²) in [6.07, 6.45) is 4.09. The molecule has 2 aliphatic rings. The predicted molar refractivity (Wildman–Crippen MR) is 76.1 cm³/mol. The number of hydrogen-bond donors (Lipinski definition) is 2. The molecular weight excluding hydrogens is 240 g/mol. The van der Waals surface area contributed by atoms with E-state index in [4.69, 9.17) is 10.5 Å². The number of hydrogen-bond acceptors (Lipinski definition) is 4. The lowest BCUT2D eigenvalue weighted by Crippen LogP contribution is -2.12. The summed E-state index contributed by atoms with van der Waals surface area (Å²) >= 11 is 0. The maximum Gasteiger partial charge on any atom is 0.164 e. The van der Waals surface area contributed by atoms with Crippen molar-refractivity contribution in [3.63, 3.8) is 0 Å². The number of rotatable bonds is 2. The van der Waals surface area contributed by atoms with Gasteiger partial charge in [0.05, 0.1) is 6.61 Å². The molecule has 1 aromatic rings. The molecule has 2 aliphatic heterocycles. The highest BCUT2D eigenvalue weighted by molar-refractivity contribution is 5.68. The quantitative estimate of drug-likeness (QED) is 0.851. The van der Waals surface area contributed by atoms with Gasteiger partial charge in [-0.25, -0.2) is 0 Å². The summed E-state index contributed by atoms with van der Waals surface area (Å²) in [5, 5.41) is 10.2. The van der Waals surface area contributed by atoms with E-state index in [-0.39, 0.29) is 5.75 Å². The van der Waals surface area contributed by atoms with E-state index in [9.17, 15) is 5.11 Å². The van der Waals surface area contributed by atoms with Crippen molar-refractivity contribution < 1.29 is 9.84 Å². The lowest BCUT2D eigenvalue weighted by molar-refractivity contribution is 0.279. The zero-order valence-corrected chi connectivity index (χ0v) is 11.5. The van der Waals surface area contributed by atoms with E-state index < -0.39 is 0 Å². The zero-order chi connectivity index (χ0) is 13.4. The van der Waals surface area contributed by atoms with E-state index in [1.165, 1.54) is 11.1 Å². The maximum absolute atomic E-state index is 10.2. The fourth-order valence-corrected chi connectivity index (χ4v) is 3.33. The molecule has 0 saturated carbocycles. The SMILES string of the molecule is CN1CCc2c1cc(O)c1c2CC(CCN)CCO1. The molecule has 2 heterocycles. The molecule has 0 aromatic heterocycles. The van der Waals surface area contributed by atoms with Crippen LogP contribution in [0.2, 0.25) is 0 Å². The van der Waals surface area contributed by atoms with Crippen LogP contribution in [0.1, 0.15) is 24.0 Å². The third-order valence-electron chi connectivity index (χ3n) is 4.40. The van der Waals surface area contributed by atoms with Crippen LogP contribution < -0.4 is 15.4 Å². The van der Waals surface area contributed by atoms with E-state index in [0.717, 1.165) is 44.5 Å². The molecule has 0 fully saturated rings. The summed E-state index contributed by atoms with van der Waals surface area (Å²) in [6.45, 7) is 2.42. The molecule has 0 amide bonds. The minimum Gasteiger partial charge on any atom is -0.504 e. The van der Waals surface area contributed by atoms with Crippen LogP contribution in [-0.4, -0.2) is 31.9 Å². The van der Waals surface area contributed by atoms with Crippen LogP contribution in [0.3, 0.4) is 0 Å². The third kappa shape index (κ3) is 2.14. The Bertz CT molecular complexity index is 488. The van der Waals surface area contributed by atoms with Crippen LogP contribution >= 0.6 is 0 Å². The van der Waals surface area contributed by atoms with Gasteiger partial charge in [0.25, 0.3) is 0 Å². The molecule has 0 bridgehead atoms. The van der Waals surface area contributed by atoms with Crippen LogP contribution in [0.15, 0.2) is 6.07 Å². The predicted octanol–water partition coefficient (Wildman–Crippen LogP) is 1.67. The molecular formula is C15H22N2O2. The Hall–Kier alpha value is -1.42. The zero-order valence-electron chi connectivity index (χ0n) is 11.5. The van der Waals surface area contributed by atoms with Crippen molar-refractivity contribution in [1.82, 2.24) is 0 Å². The molecule has 0 spiro atoms. The molecule has 104 valence electrons. The minimum atomic E-state index is 0.288. The highest BCUT2D eigenvalue weighted by Crippen LogP contribution is 2.44. The van der Waals surface area contributed by atoms with Gasteiger partial charge in [-0.05, 0) is 43.7 Å². The lowest BCUT2D eigenvalue weighted by atomic mass is 9.90.